The van der Waals surface area contributed by atoms with Crippen LogP contribution < -0.4 is 10.1 Å². The van der Waals surface area contributed by atoms with E-state index in [2.05, 4.69) is 10.3 Å². The minimum Gasteiger partial charge on any atom is -0.484 e. The summed E-state index contributed by atoms with van der Waals surface area (Å²) in [5, 5.41) is 11.8. The second-order valence-corrected chi connectivity index (χ2v) is 11.0. The van der Waals surface area contributed by atoms with E-state index in [1.165, 1.54) is 18.7 Å². The first-order chi connectivity index (χ1) is 19.9. The number of Topliss-reactive ketones (excluding diaryl/α,β-unsaturated/α-hetero) is 1. The molecule has 9 heteroatoms. The van der Waals surface area contributed by atoms with Gasteiger partial charge in [-0.1, -0.05) is 42.5 Å². The van der Waals surface area contributed by atoms with Crippen molar-refractivity contribution < 1.29 is 24.2 Å². The Hall–Kier alpha value is -4.37. The number of amides is 1. The molecule has 1 aromatic heterocycles. The smallest absolute Gasteiger partial charge is 0.325 e. The molecule has 41 heavy (non-hydrogen) atoms. The van der Waals surface area contributed by atoms with Gasteiger partial charge in [-0.2, -0.15) is 0 Å². The Labute approximate surface area is 242 Å². The van der Waals surface area contributed by atoms with Crippen LogP contribution in [0.2, 0.25) is 0 Å². The number of carbonyl (C=O) groups is 3. The van der Waals surface area contributed by atoms with Crippen LogP contribution >= 0.6 is 11.8 Å². The topological polar surface area (TPSA) is 111 Å². The standard InChI is InChI=1S/C32H31N3O5S/c1-21(32(38)39)34-31(37)25-10-5-6-13-30(25)41-19-26-23-11-7-12-27(36)24(23)14-15-28(26)40-29(18-35-17-16-33-20-35)22-8-3-2-4-9-22/h2-6,8-10,13-17,20-21,29H,7,11-12,18-19H2,1H3,(H,34,37)(H,38,39)/t21-,29+/m0/s1. The molecule has 0 radical (unpaired) electrons. The van der Waals surface area contributed by atoms with Gasteiger partial charge in [-0.25, -0.2) is 4.98 Å². The third-order valence-corrected chi connectivity index (χ3v) is 8.22. The number of benzene rings is 3. The van der Waals surface area contributed by atoms with Gasteiger partial charge >= 0.3 is 5.97 Å². The summed E-state index contributed by atoms with van der Waals surface area (Å²) in [6, 6.07) is 19.9. The summed E-state index contributed by atoms with van der Waals surface area (Å²) >= 11 is 1.47. The van der Waals surface area contributed by atoms with Crippen LogP contribution in [0.25, 0.3) is 0 Å². The van der Waals surface area contributed by atoms with E-state index < -0.39 is 17.9 Å². The molecule has 0 saturated carbocycles. The van der Waals surface area contributed by atoms with Gasteiger partial charge in [0.15, 0.2) is 5.78 Å². The van der Waals surface area contributed by atoms with Gasteiger partial charge in [-0.3, -0.25) is 14.4 Å². The van der Waals surface area contributed by atoms with Crippen molar-refractivity contribution in [3.63, 3.8) is 0 Å². The number of nitrogens with zero attached hydrogens (tertiary/aromatic N) is 2. The number of imidazole rings is 1. The maximum atomic E-state index is 12.9. The number of ether oxygens (including phenoxy) is 1. The molecule has 1 heterocycles. The molecule has 3 aromatic carbocycles. The summed E-state index contributed by atoms with van der Waals surface area (Å²) < 4.78 is 8.71. The fraction of sp³-hybridized carbons (Fsp3) is 0.250. The molecule has 1 aliphatic rings. The molecular weight excluding hydrogens is 538 g/mol. The first-order valence-electron chi connectivity index (χ1n) is 13.5. The van der Waals surface area contributed by atoms with Crippen molar-refractivity contribution in [2.24, 2.45) is 0 Å². The molecule has 0 bridgehead atoms. The molecule has 4 aromatic rings. The van der Waals surface area contributed by atoms with E-state index in [1.807, 2.05) is 65.4 Å². The Kier molecular flexibility index (Phi) is 8.84. The monoisotopic (exact) mass is 569 g/mol. The average Bonchev–Trinajstić information content (AvgIpc) is 3.50. The molecule has 0 fully saturated rings. The van der Waals surface area contributed by atoms with Gasteiger partial charge in [0.2, 0.25) is 0 Å². The lowest BCUT2D eigenvalue weighted by atomic mass is 9.87. The summed E-state index contributed by atoms with van der Waals surface area (Å²) in [4.78, 5) is 41.9. The number of carboxylic acid groups (broad SMARTS) is 1. The molecule has 8 nitrogen and oxygen atoms in total. The zero-order chi connectivity index (χ0) is 28.8. The van der Waals surface area contributed by atoms with Crippen LogP contribution in [0.4, 0.5) is 0 Å². The number of carboxylic acids is 1. The van der Waals surface area contributed by atoms with Crippen LogP contribution in [0.15, 0.2) is 90.3 Å². The number of aromatic nitrogens is 2. The maximum Gasteiger partial charge on any atom is 0.325 e. The molecule has 0 saturated heterocycles. The number of thioether (sulfide) groups is 1. The van der Waals surface area contributed by atoms with Gasteiger partial charge in [-0.05, 0) is 55.2 Å². The van der Waals surface area contributed by atoms with Gasteiger partial charge in [0, 0.05) is 40.6 Å². The van der Waals surface area contributed by atoms with E-state index in [0.29, 0.717) is 34.9 Å². The van der Waals surface area contributed by atoms with Crippen molar-refractivity contribution in [1.29, 1.82) is 0 Å². The molecule has 5 rings (SSSR count). The number of hydrogen-bond donors (Lipinski definition) is 2. The molecule has 210 valence electrons. The molecule has 2 atom stereocenters. The Morgan fingerprint density at radius 1 is 1.07 bits per heavy atom. The normalized spacial score (nSPS) is 14.1. The maximum absolute atomic E-state index is 12.9. The lowest BCUT2D eigenvalue weighted by Crippen LogP contribution is -2.38. The summed E-state index contributed by atoms with van der Waals surface area (Å²) in [6.45, 7) is 1.98. The quantitative estimate of drug-likeness (QED) is 0.222. The Morgan fingerprint density at radius 2 is 1.85 bits per heavy atom. The third kappa shape index (κ3) is 6.69. The number of rotatable bonds is 11. The zero-order valence-corrected chi connectivity index (χ0v) is 23.5. The number of ketones is 1. The Morgan fingerprint density at radius 3 is 2.61 bits per heavy atom. The number of carbonyl (C=O) groups excluding carboxylic acids is 2. The lowest BCUT2D eigenvalue weighted by Gasteiger charge is -2.26. The highest BCUT2D eigenvalue weighted by Crippen LogP contribution is 2.38. The van der Waals surface area contributed by atoms with Crippen molar-refractivity contribution in [2.75, 3.05) is 0 Å². The van der Waals surface area contributed by atoms with Crippen LogP contribution in [0.3, 0.4) is 0 Å². The molecule has 1 amide bonds. The lowest BCUT2D eigenvalue weighted by molar-refractivity contribution is -0.138. The van der Waals surface area contributed by atoms with Crippen LogP contribution in [-0.4, -0.2) is 38.4 Å². The predicted octanol–water partition coefficient (Wildman–Crippen LogP) is 5.72. The minimum atomic E-state index is -1.10. The summed E-state index contributed by atoms with van der Waals surface area (Å²) in [6.07, 6.45) is 7.16. The number of fused-ring (bicyclic) bond motifs is 1. The summed E-state index contributed by atoms with van der Waals surface area (Å²) in [5.74, 6) is -0.258. The van der Waals surface area contributed by atoms with Crippen molar-refractivity contribution in [1.82, 2.24) is 14.9 Å². The van der Waals surface area contributed by atoms with Crippen LogP contribution in [-0.2, 0) is 23.5 Å². The highest BCUT2D eigenvalue weighted by atomic mass is 32.2. The largest absolute Gasteiger partial charge is 0.484 e. The predicted molar refractivity (Wildman–Crippen MR) is 156 cm³/mol. The van der Waals surface area contributed by atoms with E-state index in [-0.39, 0.29) is 11.9 Å². The first-order valence-corrected chi connectivity index (χ1v) is 14.5. The highest BCUT2D eigenvalue weighted by molar-refractivity contribution is 7.98. The SMILES string of the molecule is C[C@H](NC(=O)c1ccccc1SCc1c(O[C@H](Cn2ccnc2)c2ccccc2)ccc2c1CCCC2=O)C(=O)O. The summed E-state index contributed by atoms with van der Waals surface area (Å²) in [7, 11) is 0. The fourth-order valence-corrected chi connectivity index (χ4v) is 6.04. The van der Waals surface area contributed by atoms with Gasteiger partial charge in [0.1, 0.15) is 17.9 Å². The fourth-order valence-electron chi connectivity index (χ4n) is 4.93. The summed E-state index contributed by atoms with van der Waals surface area (Å²) in [5.41, 5.74) is 4.06. The van der Waals surface area contributed by atoms with Crippen molar-refractivity contribution >= 4 is 29.4 Å². The van der Waals surface area contributed by atoms with E-state index in [0.717, 1.165) is 35.1 Å². The van der Waals surface area contributed by atoms with Crippen molar-refractivity contribution in [3.05, 3.63) is 113 Å². The second-order valence-electron chi connectivity index (χ2n) is 9.94. The number of aliphatic carboxylic acids is 1. The third-order valence-electron chi connectivity index (χ3n) is 7.12. The van der Waals surface area contributed by atoms with Gasteiger partial charge < -0.3 is 19.7 Å². The molecule has 0 aliphatic heterocycles. The van der Waals surface area contributed by atoms with Crippen LogP contribution in [0.5, 0.6) is 5.75 Å². The van der Waals surface area contributed by atoms with Crippen LogP contribution in [0.1, 0.15) is 63.3 Å². The van der Waals surface area contributed by atoms with Gasteiger partial charge in [0.25, 0.3) is 5.91 Å². The molecule has 0 unspecified atom stereocenters. The Balaban J connectivity index is 1.47. The molecule has 1 aliphatic carbocycles. The first kappa shape index (κ1) is 28.2. The molecule has 2 N–H and O–H groups in total. The van der Waals surface area contributed by atoms with E-state index in [9.17, 15) is 19.5 Å². The number of hydrogen-bond acceptors (Lipinski definition) is 6. The molecule has 0 spiro atoms. The van der Waals surface area contributed by atoms with E-state index in [4.69, 9.17) is 4.74 Å². The van der Waals surface area contributed by atoms with Crippen LogP contribution in [0, 0.1) is 0 Å². The average molecular weight is 570 g/mol. The van der Waals surface area contributed by atoms with Crippen molar-refractivity contribution in [2.45, 2.75) is 55.5 Å². The highest BCUT2D eigenvalue weighted by Gasteiger charge is 2.25. The van der Waals surface area contributed by atoms with E-state index >= 15 is 0 Å². The second kappa shape index (κ2) is 12.9. The number of nitrogens with one attached hydrogen (secondary N) is 1. The Bertz CT molecular complexity index is 1540. The van der Waals surface area contributed by atoms with E-state index in [1.54, 1.807) is 24.7 Å². The van der Waals surface area contributed by atoms with Gasteiger partial charge in [0.05, 0.1) is 18.4 Å². The molecular formula is C32H31N3O5S. The minimum absolute atomic E-state index is 0.129. The van der Waals surface area contributed by atoms with Crippen molar-refractivity contribution in [3.8, 4) is 5.75 Å². The van der Waals surface area contributed by atoms with Gasteiger partial charge in [-0.15, -0.1) is 11.8 Å². The zero-order valence-electron chi connectivity index (χ0n) is 22.7.